The van der Waals surface area contributed by atoms with Crippen LogP contribution in [0.4, 0.5) is 4.39 Å². The zero-order chi connectivity index (χ0) is 17.6. The van der Waals surface area contributed by atoms with Crippen molar-refractivity contribution in [2.75, 3.05) is 33.4 Å². The van der Waals surface area contributed by atoms with Gasteiger partial charge >= 0.3 is 0 Å². The lowest BCUT2D eigenvalue weighted by molar-refractivity contribution is -0.0504. The zero-order valence-corrected chi connectivity index (χ0v) is 14.2. The lowest BCUT2D eigenvalue weighted by atomic mass is 10.1. The van der Waals surface area contributed by atoms with Crippen LogP contribution in [0.2, 0.25) is 0 Å². The molecule has 2 aromatic carbocycles. The van der Waals surface area contributed by atoms with Gasteiger partial charge in [-0.2, -0.15) is 0 Å². The Hall–Kier alpha value is -2.31. The van der Waals surface area contributed by atoms with E-state index in [0.717, 1.165) is 25.2 Å². The Labute approximate surface area is 146 Å². The van der Waals surface area contributed by atoms with Gasteiger partial charge in [-0.15, -0.1) is 0 Å². The van der Waals surface area contributed by atoms with Crippen molar-refractivity contribution in [2.24, 2.45) is 0 Å². The van der Waals surface area contributed by atoms with Gasteiger partial charge in [-0.1, -0.05) is 12.1 Å². The van der Waals surface area contributed by atoms with Crippen molar-refractivity contribution in [1.29, 1.82) is 0 Å². The maximum Gasteiger partial charge on any atom is 0.160 e. The highest BCUT2D eigenvalue weighted by molar-refractivity contribution is 5.41. The van der Waals surface area contributed by atoms with Gasteiger partial charge in [-0.25, -0.2) is 4.39 Å². The van der Waals surface area contributed by atoms with E-state index in [4.69, 9.17) is 14.2 Å². The summed E-state index contributed by atoms with van der Waals surface area (Å²) >= 11 is 0. The van der Waals surface area contributed by atoms with Gasteiger partial charge in [0.15, 0.2) is 11.5 Å². The van der Waals surface area contributed by atoms with Crippen LogP contribution in [-0.4, -0.2) is 49.5 Å². The second-order valence-corrected chi connectivity index (χ2v) is 6.00. The lowest BCUT2D eigenvalue weighted by Crippen LogP contribution is -2.44. The van der Waals surface area contributed by atoms with Crippen molar-refractivity contribution >= 4 is 0 Å². The van der Waals surface area contributed by atoms with E-state index >= 15 is 0 Å². The van der Waals surface area contributed by atoms with E-state index in [2.05, 4.69) is 4.90 Å². The van der Waals surface area contributed by atoms with Gasteiger partial charge in [-0.3, -0.25) is 4.90 Å². The number of methoxy groups -OCH3 is 1. The van der Waals surface area contributed by atoms with Crippen LogP contribution < -0.4 is 9.47 Å². The molecule has 1 unspecified atom stereocenters. The molecule has 0 aromatic heterocycles. The number of halogens is 1. The summed E-state index contributed by atoms with van der Waals surface area (Å²) in [7, 11) is 1.54. The molecule has 0 radical (unpaired) electrons. The molecule has 1 N–H and O–H groups in total. The first-order valence-corrected chi connectivity index (χ1v) is 8.22. The second kappa shape index (κ2) is 8.18. The van der Waals surface area contributed by atoms with Crippen molar-refractivity contribution in [3.05, 3.63) is 53.8 Å². The average Bonchev–Trinajstić information content (AvgIpc) is 2.62. The largest absolute Gasteiger partial charge is 0.504 e. The molecule has 25 heavy (non-hydrogen) atoms. The quantitative estimate of drug-likeness (QED) is 0.871. The van der Waals surface area contributed by atoms with Crippen LogP contribution in [0.3, 0.4) is 0 Å². The first-order valence-electron chi connectivity index (χ1n) is 8.22. The minimum absolute atomic E-state index is 0.0731. The molecular weight excluding hydrogens is 325 g/mol. The standard InChI is InChI=1S/C19H22FNO4/c1-23-19-9-14(5-6-18(19)22)11-21-7-8-24-17(12-21)13-25-16-4-2-3-15(20)10-16/h2-6,9-10,17,22H,7-8,11-13H2,1H3. The van der Waals surface area contributed by atoms with Crippen molar-refractivity contribution in [3.8, 4) is 17.2 Å². The molecule has 0 saturated carbocycles. The van der Waals surface area contributed by atoms with Gasteiger partial charge in [0.25, 0.3) is 0 Å². The molecule has 3 rings (SSSR count). The summed E-state index contributed by atoms with van der Waals surface area (Å²) in [5, 5.41) is 9.68. The summed E-state index contributed by atoms with van der Waals surface area (Å²) in [6.07, 6.45) is -0.0731. The highest BCUT2D eigenvalue weighted by Gasteiger charge is 2.21. The molecule has 134 valence electrons. The number of nitrogens with zero attached hydrogens (tertiary/aromatic N) is 1. The van der Waals surface area contributed by atoms with Crippen LogP contribution in [0, 0.1) is 5.82 Å². The van der Waals surface area contributed by atoms with E-state index in [1.807, 2.05) is 12.1 Å². The molecule has 5 nitrogen and oxygen atoms in total. The third-order valence-electron chi connectivity index (χ3n) is 4.11. The van der Waals surface area contributed by atoms with E-state index < -0.39 is 0 Å². The van der Waals surface area contributed by atoms with Crippen molar-refractivity contribution in [3.63, 3.8) is 0 Å². The fourth-order valence-corrected chi connectivity index (χ4v) is 2.85. The molecule has 1 aliphatic heterocycles. The normalized spacial score (nSPS) is 18.1. The number of phenolic OH excluding ortho intramolecular Hbond substituents is 1. The van der Waals surface area contributed by atoms with Gasteiger partial charge in [0.2, 0.25) is 0 Å². The topological polar surface area (TPSA) is 51.2 Å². The summed E-state index contributed by atoms with van der Waals surface area (Å²) < 4.78 is 29.7. The summed E-state index contributed by atoms with van der Waals surface area (Å²) in [6.45, 7) is 3.26. The van der Waals surface area contributed by atoms with Crippen LogP contribution in [0.25, 0.3) is 0 Å². The van der Waals surface area contributed by atoms with E-state index in [0.29, 0.717) is 24.7 Å². The van der Waals surface area contributed by atoms with Gasteiger partial charge in [0, 0.05) is 25.7 Å². The number of aromatic hydroxyl groups is 1. The lowest BCUT2D eigenvalue weighted by Gasteiger charge is -2.32. The Morgan fingerprint density at radius 2 is 2.16 bits per heavy atom. The minimum Gasteiger partial charge on any atom is -0.504 e. The number of hydrogen-bond acceptors (Lipinski definition) is 5. The van der Waals surface area contributed by atoms with E-state index in [-0.39, 0.29) is 17.7 Å². The van der Waals surface area contributed by atoms with Crippen LogP contribution in [0.5, 0.6) is 17.2 Å². The Bertz CT molecular complexity index is 710. The van der Waals surface area contributed by atoms with E-state index in [1.54, 1.807) is 18.2 Å². The molecule has 6 heteroatoms. The monoisotopic (exact) mass is 347 g/mol. The van der Waals surface area contributed by atoms with Gasteiger partial charge < -0.3 is 19.3 Å². The number of morpholine rings is 1. The smallest absolute Gasteiger partial charge is 0.160 e. The molecule has 0 amide bonds. The number of rotatable bonds is 6. The van der Waals surface area contributed by atoms with Crippen molar-refractivity contribution in [1.82, 2.24) is 4.90 Å². The van der Waals surface area contributed by atoms with Gasteiger partial charge in [0.05, 0.1) is 13.7 Å². The molecule has 0 aliphatic carbocycles. The maximum absolute atomic E-state index is 13.2. The van der Waals surface area contributed by atoms with Crippen LogP contribution in [-0.2, 0) is 11.3 Å². The summed E-state index contributed by atoms with van der Waals surface area (Å²) in [5.41, 5.74) is 1.06. The molecular formula is C19H22FNO4. The van der Waals surface area contributed by atoms with Crippen LogP contribution in [0.15, 0.2) is 42.5 Å². The fourth-order valence-electron chi connectivity index (χ4n) is 2.85. The first-order chi connectivity index (χ1) is 12.1. The maximum atomic E-state index is 13.2. The molecule has 1 fully saturated rings. The van der Waals surface area contributed by atoms with E-state index in [9.17, 15) is 9.50 Å². The minimum atomic E-state index is -0.315. The number of phenols is 1. The Kier molecular flexibility index (Phi) is 5.73. The average molecular weight is 347 g/mol. The predicted octanol–water partition coefficient (Wildman–Crippen LogP) is 2.82. The number of hydrogen-bond donors (Lipinski definition) is 1. The molecule has 1 atom stereocenters. The Balaban J connectivity index is 1.54. The molecule has 1 aliphatic rings. The zero-order valence-electron chi connectivity index (χ0n) is 14.2. The van der Waals surface area contributed by atoms with Crippen molar-refractivity contribution < 1.29 is 23.7 Å². The van der Waals surface area contributed by atoms with E-state index in [1.165, 1.54) is 19.2 Å². The fraction of sp³-hybridized carbons (Fsp3) is 0.368. The molecule has 0 spiro atoms. The predicted molar refractivity (Wildman–Crippen MR) is 91.6 cm³/mol. The highest BCUT2D eigenvalue weighted by atomic mass is 19.1. The van der Waals surface area contributed by atoms with Crippen LogP contribution in [0.1, 0.15) is 5.56 Å². The van der Waals surface area contributed by atoms with Crippen LogP contribution >= 0.6 is 0 Å². The number of benzene rings is 2. The third kappa shape index (κ3) is 4.84. The van der Waals surface area contributed by atoms with Gasteiger partial charge in [0.1, 0.15) is 24.3 Å². The highest BCUT2D eigenvalue weighted by Crippen LogP contribution is 2.27. The SMILES string of the molecule is COc1cc(CN2CCOC(COc3cccc(F)c3)C2)ccc1O. The Morgan fingerprint density at radius 1 is 1.28 bits per heavy atom. The summed E-state index contributed by atoms with van der Waals surface area (Å²) in [6, 6.07) is 11.5. The number of ether oxygens (including phenoxy) is 3. The molecule has 1 saturated heterocycles. The summed E-state index contributed by atoms with van der Waals surface area (Å²) in [5.74, 6) is 0.792. The van der Waals surface area contributed by atoms with Gasteiger partial charge in [-0.05, 0) is 29.8 Å². The molecule has 1 heterocycles. The Morgan fingerprint density at radius 3 is 2.96 bits per heavy atom. The summed E-state index contributed by atoms with van der Waals surface area (Å²) in [4.78, 5) is 2.26. The third-order valence-corrected chi connectivity index (χ3v) is 4.11. The van der Waals surface area contributed by atoms with Crippen molar-refractivity contribution in [2.45, 2.75) is 12.6 Å². The molecule has 2 aromatic rings. The first kappa shape index (κ1) is 17.5. The second-order valence-electron chi connectivity index (χ2n) is 6.00. The molecule has 0 bridgehead atoms.